The van der Waals surface area contributed by atoms with E-state index in [2.05, 4.69) is 65.8 Å². The van der Waals surface area contributed by atoms with E-state index < -0.39 is 24.3 Å². The molecule has 1 heterocycles. The second kappa shape index (κ2) is 9.54. The van der Waals surface area contributed by atoms with Gasteiger partial charge < -0.3 is 0 Å². The Kier molecular flexibility index (Phi) is 7.03. The van der Waals surface area contributed by atoms with Crippen molar-refractivity contribution in [2.24, 2.45) is 0 Å². The average Bonchev–Trinajstić information content (AvgIpc) is 3.08. The summed E-state index contributed by atoms with van der Waals surface area (Å²) in [6, 6.07) is 20.8. The van der Waals surface area contributed by atoms with Gasteiger partial charge in [0, 0.05) is 13.1 Å². The molecule has 1 aliphatic heterocycles. The zero-order valence-electron chi connectivity index (χ0n) is 17.3. The summed E-state index contributed by atoms with van der Waals surface area (Å²) >= 11 is -5.09. The Morgan fingerprint density at radius 3 is 2.32 bits per heavy atom. The molecule has 1 amide bonds. The summed E-state index contributed by atoms with van der Waals surface area (Å²) in [6.45, 7) is 3.44. The van der Waals surface area contributed by atoms with Crippen LogP contribution in [-0.2, 0) is 21.6 Å². The van der Waals surface area contributed by atoms with Crippen LogP contribution in [0.4, 0.5) is 5.69 Å². The largest absolute Gasteiger partial charge is 0.298 e. The van der Waals surface area contributed by atoms with Crippen molar-refractivity contribution in [3.8, 4) is 16.9 Å². The summed E-state index contributed by atoms with van der Waals surface area (Å²) in [5.74, 6) is -0.850. The number of aromatic hydroxyl groups is 1. The van der Waals surface area contributed by atoms with Crippen LogP contribution in [-0.4, -0.2) is 45.3 Å². The summed E-state index contributed by atoms with van der Waals surface area (Å²) in [4.78, 5) is 13.0. The van der Waals surface area contributed by atoms with Gasteiger partial charge in [0.1, 0.15) is 0 Å². The van der Waals surface area contributed by atoms with Crippen LogP contribution in [0, 0.1) is 0 Å². The number of carbonyl (C=O) groups is 1. The number of amides is 1. The summed E-state index contributed by atoms with van der Waals surface area (Å²) in [6.07, 6.45) is 0. The van der Waals surface area contributed by atoms with Crippen LogP contribution in [0.15, 0.2) is 66.7 Å². The molecule has 0 unspecified atom stereocenters. The Hall–Kier alpha value is -2.83. The smallest absolute Gasteiger partial charge is 0.0243 e. The topological polar surface area (TPSA) is 110 Å². The summed E-state index contributed by atoms with van der Waals surface area (Å²) in [5, 5.41) is 11.7. The summed E-state index contributed by atoms with van der Waals surface area (Å²) in [7, 11) is 2.18. The van der Waals surface area contributed by atoms with E-state index in [0.29, 0.717) is 0 Å². The molecule has 0 bridgehead atoms. The van der Waals surface area contributed by atoms with Crippen molar-refractivity contribution in [2.45, 2.75) is 20.0 Å². The molecule has 4 rings (SSSR count). The number of benzene rings is 3. The number of anilines is 1. The SMILES string of the molecule is CC(=O)Nc1ccc([As](=O)(O)O)c(O)c1.CN1Cc2cccc(-c3ccccc3)c2C1. The van der Waals surface area contributed by atoms with Gasteiger partial charge in [-0.25, -0.2) is 0 Å². The van der Waals surface area contributed by atoms with Gasteiger partial charge in [-0.3, -0.25) is 4.90 Å². The van der Waals surface area contributed by atoms with Crippen molar-refractivity contribution < 1.29 is 21.8 Å². The van der Waals surface area contributed by atoms with Crippen LogP contribution in [0.25, 0.3) is 11.1 Å². The van der Waals surface area contributed by atoms with Gasteiger partial charge >= 0.3 is 88.1 Å². The molecule has 1 aliphatic rings. The molecule has 3 aromatic carbocycles. The first-order valence-electron chi connectivity index (χ1n) is 9.66. The Morgan fingerprint density at radius 2 is 1.71 bits per heavy atom. The molecule has 0 atom stereocenters. The number of nitrogens with zero attached hydrogens (tertiary/aromatic N) is 1. The van der Waals surface area contributed by atoms with E-state index in [1.54, 1.807) is 0 Å². The third kappa shape index (κ3) is 5.87. The minimum absolute atomic E-state index is 0.285. The second-order valence-corrected chi connectivity index (χ2v) is 10.7. The van der Waals surface area contributed by atoms with Gasteiger partial charge in [-0.05, 0) is 29.3 Å². The van der Waals surface area contributed by atoms with Crippen LogP contribution in [0.2, 0.25) is 0 Å². The summed E-state index contributed by atoms with van der Waals surface area (Å²) < 4.78 is 28.2. The van der Waals surface area contributed by atoms with Gasteiger partial charge in [0.25, 0.3) is 0 Å². The molecular weight excluding hydrogens is 459 g/mol. The minimum Gasteiger partial charge on any atom is -0.298 e. The maximum atomic E-state index is 10.9. The standard InChI is InChI=1S/C15H15N.C8H10AsNO5/c1-16-10-13-8-5-9-14(15(13)11-16)12-6-3-2-4-7-12;1-5(11)10-6-2-3-7(8(12)4-6)9(13,14)15/h2-9H,10-11H2,1H3;2-4,12H,1H3,(H,10,11)(H2,13,14,15). The first-order chi connectivity index (χ1) is 14.6. The van der Waals surface area contributed by atoms with Crippen LogP contribution in [0.1, 0.15) is 18.1 Å². The van der Waals surface area contributed by atoms with Crippen LogP contribution >= 0.6 is 0 Å². The van der Waals surface area contributed by atoms with Crippen LogP contribution < -0.4 is 9.67 Å². The number of hydrogen-bond donors (Lipinski definition) is 4. The molecule has 7 nitrogen and oxygen atoms in total. The second-order valence-electron chi connectivity index (χ2n) is 7.41. The number of carbonyl (C=O) groups excluding carboxylic acids is 1. The van der Waals surface area contributed by atoms with Crippen molar-refractivity contribution in [3.05, 3.63) is 77.9 Å². The molecule has 0 aromatic heterocycles. The molecule has 162 valence electrons. The van der Waals surface area contributed by atoms with Crippen molar-refractivity contribution in [2.75, 3.05) is 12.4 Å². The number of fused-ring (bicyclic) bond motifs is 1. The van der Waals surface area contributed by atoms with E-state index in [4.69, 9.17) is 8.19 Å². The fourth-order valence-corrected chi connectivity index (χ4v) is 4.85. The van der Waals surface area contributed by atoms with Crippen molar-refractivity contribution in [1.82, 2.24) is 4.90 Å². The van der Waals surface area contributed by atoms with E-state index in [0.717, 1.165) is 25.2 Å². The van der Waals surface area contributed by atoms with Gasteiger partial charge in [-0.15, -0.1) is 0 Å². The quantitative estimate of drug-likeness (QED) is 0.425. The van der Waals surface area contributed by atoms with Crippen molar-refractivity contribution in [1.29, 1.82) is 0 Å². The maximum absolute atomic E-state index is 10.9. The molecule has 0 saturated heterocycles. The zero-order chi connectivity index (χ0) is 22.6. The first-order valence-corrected chi connectivity index (χ1v) is 13.0. The van der Waals surface area contributed by atoms with E-state index in [9.17, 15) is 13.6 Å². The molecule has 0 aliphatic carbocycles. The molecule has 31 heavy (non-hydrogen) atoms. The number of rotatable bonds is 3. The monoisotopic (exact) mass is 484 g/mol. The normalized spacial score (nSPS) is 13.2. The van der Waals surface area contributed by atoms with Crippen LogP contribution in [0.3, 0.4) is 0 Å². The number of phenolic OH excluding ortho intramolecular Hbond substituents is 1. The average molecular weight is 484 g/mol. The molecule has 0 saturated carbocycles. The molecule has 0 fully saturated rings. The maximum Gasteiger partial charge on any atom is 0.0243 e. The summed E-state index contributed by atoms with van der Waals surface area (Å²) in [5.41, 5.74) is 5.98. The number of nitrogens with one attached hydrogen (secondary N) is 1. The van der Waals surface area contributed by atoms with E-state index in [-0.39, 0.29) is 11.6 Å². The molecule has 0 radical (unpaired) electrons. The molecule has 0 spiro atoms. The predicted molar refractivity (Wildman–Crippen MR) is 120 cm³/mol. The van der Waals surface area contributed by atoms with Gasteiger partial charge in [0.15, 0.2) is 0 Å². The first kappa shape index (κ1) is 22.8. The third-order valence-electron chi connectivity index (χ3n) is 4.84. The van der Waals surface area contributed by atoms with Gasteiger partial charge in [0.05, 0.1) is 0 Å². The van der Waals surface area contributed by atoms with Gasteiger partial charge in [0.2, 0.25) is 0 Å². The molecule has 4 N–H and O–H groups in total. The molecule has 3 aromatic rings. The van der Waals surface area contributed by atoms with Crippen molar-refractivity contribution >= 4 is 30.1 Å². The Balaban J connectivity index is 0.000000176. The molecule has 8 heteroatoms. The third-order valence-corrected chi connectivity index (χ3v) is 6.95. The predicted octanol–water partition coefficient (Wildman–Crippen LogP) is 2.21. The Morgan fingerprint density at radius 1 is 1.00 bits per heavy atom. The number of phenols is 1. The number of hydrogen-bond acceptors (Lipinski definition) is 4. The van der Waals surface area contributed by atoms with Gasteiger partial charge in [-0.2, -0.15) is 0 Å². The van der Waals surface area contributed by atoms with E-state index in [1.165, 1.54) is 35.2 Å². The van der Waals surface area contributed by atoms with E-state index >= 15 is 0 Å². The van der Waals surface area contributed by atoms with Crippen molar-refractivity contribution in [3.63, 3.8) is 0 Å². The fraction of sp³-hybridized carbons (Fsp3) is 0.174. The van der Waals surface area contributed by atoms with Gasteiger partial charge in [-0.1, -0.05) is 48.5 Å². The minimum atomic E-state index is -5.09. The van der Waals surface area contributed by atoms with Crippen LogP contribution in [0.5, 0.6) is 5.75 Å². The molecular formula is C23H25AsN2O5. The zero-order valence-corrected chi connectivity index (χ0v) is 19.2. The Bertz CT molecular complexity index is 1130. The van der Waals surface area contributed by atoms with E-state index in [1.807, 2.05) is 0 Å². The Labute approximate surface area is 184 Å². The fourth-order valence-electron chi connectivity index (χ4n) is 3.53.